The van der Waals surface area contributed by atoms with Gasteiger partial charge in [0.15, 0.2) is 11.4 Å². The number of fused-ring (bicyclic) bond motifs is 1. The summed E-state index contributed by atoms with van der Waals surface area (Å²) in [5, 5.41) is 0. The van der Waals surface area contributed by atoms with E-state index >= 15 is 0 Å². The molecule has 2 rings (SSSR count). The van der Waals surface area contributed by atoms with Gasteiger partial charge in [0.05, 0.1) is 5.52 Å². The Morgan fingerprint density at radius 2 is 2.27 bits per heavy atom. The SMILES string of the molecule is O=C(CCCl)c1ccc2[nH]c(=O)oc2c1. The monoisotopic (exact) mass is 225 g/mol. The van der Waals surface area contributed by atoms with Gasteiger partial charge in [-0.15, -0.1) is 11.6 Å². The molecule has 1 aromatic carbocycles. The normalized spacial score (nSPS) is 10.7. The number of Topliss-reactive ketones (excluding diaryl/α,β-unsaturated/α-hetero) is 1. The first-order valence-electron chi connectivity index (χ1n) is 4.43. The zero-order valence-corrected chi connectivity index (χ0v) is 8.50. The van der Waals surface area contributed by atoms with Gasteiger partial charge in [-0.25, -0.2) is 4.79 Å². The van der Waals surface area contributed by atoms with Gasteiger partial charge >= 0.3 is 5.76 Å². The van der Waals surface area contributed by atoms with Crippen molar-refractivity contribution >= 4 is 28.5 Å². The number of alkyl halides is 1. The van der Waals surface area contributed by atoms with Crippen LogP contribution < -0.4 is 5.76 Å². The summed E-state index contributed by atoms with van der Waals surface area (Å²) in [5.74, 6) is -0.295. The molecule has 0 unspecified atom stereocenters. The first-order chi connectivity index (χ1) is 7.20. The van der Waals surface area contributed by atoms with Crippen LogP contribution >= 0.6 is 11.6 Å². The van der Waals surface area contributed by atoms with Crippen LogP contribution in [-0.4, -0.2) is 16.6 Å². The van der Waals surface area contributed by atoms with Gasteiger partial charge < -0.3 is 4.42 Å². The fourth-order valence-corrected chi connectivity index (χ4v) is 1.52. The Morgan fingerprint density at radius 3 is 3.00 bits per heavy atom. The molecule has 1 heterocycles. The molecule has 0 spiro atoms. The summed E-state index contributed by atoms with van der Waals surface area (Å²) >= 11 is 5.47. The average molecular weight is 226 g/mol. The highest BCUT2D eigenvalue weighted by molar-refractivity contribution is 6.19. The van der Waals surface area contributed by atoms with Crippen molar-refractivity contribution in [2.45, 2.75) is 6.42 Å². The number of oxazole rings is 1. The highest BCUT2D eigenvalue weighted by Gasteiger charge is 2.08. The van der Waals surface area contributed by atoms with Gasteiger partial charge in [-0.05, 0) is 18.2 Å². The minimum absolute atomic E-state index is 0.0595. The van der Waals surface area contributed by atoms with Crippen molar-refractivity contribution in [1.29, 1.82) is 0 Å². The Morgan fingerprint density at radius 1 is 1.47 bits per heavy atom. The van der Waals surface area contributed by atoms with Gasteiger partial charge in [-0.3, -0.25) is 9.78 Å². The molecule has 1 N–H and O–H groups in total. The second-order valence-electron chi connectivity index (χ2n) is 3.09. The summed E-state index contributed by atoms with van der Waals surface area (Å²) in [4.78, 5) is 24.8. The van der Waals surface area contributed by atoms with Crippen LogP contribution in [0.1, 0.15) is 16.8 Å². The van der Waals surface area contributed by atoms with E-state index in [1.165, 1.54) is 0 Å². The molecule has 0 saturated heterocycles. The van der Waals surface area contributed by atoms with Gasteiger partial charge in [-0.1, -0.05) is 0 Å². The van der Waals surface area contributed by atoms with Crippen molar-refractivity contribution in [1.82, 2.24) is 4.98 Å². The standard InChI is InChI=1S/C10H8ClNO3/c11-4-3-8(13)6-1-2-7-9(5-6)15-10(14)12-7/h1-2,5H,3-4H2,(H,12,14). The summed E-state index contributed by atoms with van der Waals surface area (Å²) in [6.45, 7) is 0. The fourth-order valence-electron chi connectivity index (χ4n) is 1.35. The maximum absolute atomic E-state index is 11.5. The van der Waals surface area contributed by atoms with E-state index in [0.717, 1.165) is 0 Å². The lowest BCUT2D eigenvalue weighted by Crippen LogP contribution is -1.98. The van der Waals surface area contributed by atoms with E-state index in [9.17, 15) is 9.59 Å². The van der Waals surface area contributed by atoms with Crippen LogP contribution in [-0.2, 0) is 0 Å². The van der Waals surface area contributed by atoms with Gasteiger partial charge in [-0.2, -0.15) is 0 Å². The Labute approximate surface area is 89.8 Å². The number of halogens is 1. The molecule has 0 bridgehead atoms. The van der Waals surface area contributed by atoms with Crippen LogP contribution in [0.15, 0.2) is 27.4 Å². The van der Waals surface area contributed by atoms with Crippen molar-refractivity contribution in [3.05, 3.63) is 34.3 Å². The molecule has 1 aromatic heterocycles. The minimum atomic E-state index is -0.521. The topological polar surface area (TPSA) is 63.1 Å². The van der Waals surface area contributed by atoms with Crippen molar-refractivity contribution in [2.75, 3.05) is 5.88 Å². The predicted octanol–water partition coefficient (Wildman–Crippen LogP) is 1.93. The molecule has 0 aliphatic rings. The third-order valence-corrected chi connectivity index (χ3v) is 2.25. The minimum Gasteiger partial charge on any atom is -0.408 e. The average Bonchev–Trinajstić information content (AvgIpc) is 2.57. The third-order valence-electron chi connectivity index (χ3n) is 2.06. The second kappa shape index (κ2) is 3.90. The Kier molecular flexibility index (Phi) is 2.60. The van der Waals surface area contributed by atoms with E-state index in [0.29, 0.717) is 16.7 Å². The van der Waals surface area contributed by atoms with Crippen LogP contribution in [0.5, 0.6) is 0 Å². The number of nitrogens with one attached hydrogen (secondary N) is 1. The van der Waals surface area contributed by atoms with E-state index in [1.807, 2.05) is 0 Å². The lowest BCUT2D eigenvalue weighted by molar-refractivity contribution is 0.0989. The molecule has 0 radical (unpaired) electrons. The number of hydrogen-bond acceptors (Lipinski definition) is 3. The number of aromatic amines is 1. The maximum atomic E-state index is 11.5. The predicted molar refractivity (Wildman–Crippen MR) is 56.5 cm³/mol. The maximum Gasteiger partial charge on any atom is 0.417 e. The first kappa shape index (κ1) is 9.98. The molecule has 0 saturated carbocycles. The number of aromatic nitrogens is 1. The number of carbonyl (C=O) groups is 1. The molecule has 15 heavy (non-hydrogen) atoms. The summed E-state index contributed by atoms with van der Waals surface area (Å²) in [7, 11) is 0. The van der Waals surface area contributed by atoms with Crippen molar-refractivity contribution in [3.63, 3.8) is 0 Å². The molecule has 4 nitrogen and oxygen atoms in total. The van der Waals surface area contributed by atoms with E-state index in [1.54, 1.807) is 18.2 Å². The van der Waals surface area contributed by atoms with Crippen LogP contribution in [0.25, 0.3) is 11.1 Å². The Balaban J connectivity index is 2.46. The van der Waals surface area contributed by atoms with Gasteiger partial charge in [0, 0.05) is 17.9 Å². The van der Waals surface area contributed by atoms with E-state index in [2.05, 4.69) is 4.98 Å². The van der Waals surface area contributed by atoms with Gasteiger partial charge in [0.25, 0.3) is 0 Å². The van der Waals surface area contributed by atoms with E-state index in [-0.39, 0.29) is 18.1 Å². The van der Waals surface area contributed by atoms with Crippen molar-refractivity contribution in [2.24, 2.45) is 0 Å². The molecule has 0 amide bonds. The third kappa shape index (κ3) is 1.94. The number of H-pyrrole nitrogens is 1. The summed E-state index contributed by atoms with van der Waals surface area (Å²) in [6.07, 6.45) is 0.279. The Hall–Kier alpha value is -1.55. The fraction of sp³-hybridized carbons (Fsp3) is 0.200. The molecule has 0 fully saturated rings. The molecule has 2 aromatic rings. The lowest BCUT2D eigenvalue weighted by atomic mass is 10.1. The first-order valence-corrected chi connectivity index (χ1v) is 4.96. The summed E-state index contributed by atoms with van der Waals surface area (Å²) in [5.41, 5.74) is 1.48. The molecular formula is C10H8ClNO3. The lowest BCUT2D eigenvalue weighted by Gasteiger charge is -1.97. The molecule has 5 heteroatoms. The van der Waals surface area contributed by atoms with Crippen LogP contribution in [0.2, 0.25) is 0 Å². The van der Waals surface area contributed by atoms with E-state index in [4.69, 9.17) is 16.0 Å². The van der Waals surface area contributed by atoms with E-state index < -0.39 is 5.76 Å². The summed E-state index contributed by atoms with van der Waals surface area (Å²) < 4.78 is 4.84. The quantitative estimate of drug-likeness (QED) is 0.641. The molecule has 0 atom stereocenters. The van der Waals surface area contributed by atoms with Gasteiger partial charge in [0.2, 0.25) is 0 Å². The van der Waals surface area contributed by atoms with Crippen LogP contribution in [0.4, 0.5) is 0 Å². The zero-order chi connectivity index (χ0) is 10.8. The highest BCUT2D eigenvalue weighted by Crippen LogP contribution is 2.13. The number of carbonyl (C=O) groups excluding carboxylic acids is 1. The van der Waals surface area contributed by atoms with Crippen LogP contribution in [0.3, 0.4) is 0 Å². The number of hydrogen-bond donors (Lipinski definition) is 1. The smallest absolute Gasteiger partial charge is 0.408 e. The summed E-state index contributed by atoms with van der Waals surface area (Å²) in [6, 6.07) is 4.83. The van der Waals surface area contributed by atoms with Crippen LogP contribution in [0, 0.1) is 0 Å². The zero-order valence-electron chi connectivity index (χ0n) is 7.75. The highest BCUT2D eigenvalue weighted by atomic mass is 35.5. The van der Waals surface area contributed by atoms with Gasteiger partial charge in [0.1, 0.15) is 0 Å². The van der Waals surface area contributed by atoms with Crippen molar-refractivity contribution < 1.29 is 9.21 Å². The molecule has 0 aliphatic heterocycles. The van der Waals surface area contributed by atoms with Crippen molar-refractivity contribution in [3.8, 4) is 0 Å². The Bertz CT molecular complexity index is 555. The molecule has 0 aliphatic carbocycles. The molecular weight excluding hydrogens is 218 g/mol. The second-order valence-corrected chi connectivity index (χ2v) is 3.47. The number of rotatable bonds is 3. The largest absolute Gasteiger partial charge is 0.417 e. The number of benzene rings is 1. The number of ketones is 1. The molecule has 78 valence electrons.